The molecule has 0 aliphatic rings. The number of hydrogen-bond acceptors (Lipinski definition) is 7. The Morgan fingerprint density at radius 1 is 0.857 bits per heavy atom. The van der Waals surface area contributed by atoms with Crippen molar-refractivity contribution in [2.24, 2.45) is 0 Å². The zero-order valence-corrected chi connectivity index (χ0v) is 25.9. The lowest BCUT2D eigenvalue weighted by molar-refractivity contribution is -0.139. The average Bonchev–Trinajstić information content (AvgIpc) is 2.97. The van der Waals surface area contributed by atoms with Gasteiger partial charge in [0.15, 0.2) is 11.5 Å². The largest absolute Gasteiger partial charge is 0.497 e. The number of hydrogen-bond donors (Lipinski definition) is 1. The van der Waals surface area contributed by atoms with Crippen molar-refractivity contribution in [3.05, 3.63) is 77.4 Å². The number of amides is 2. The van der Waals surface area contributed by atoms with E-state index in [2.05, 4.69) is 5.32 Å². The first kappa shape index (κ1) is 32.3. The van der Waals surface area contributed by atoms with Crippen LogP contribution in [0.3, 0.4) is 0 Å². The Morgan fingerprint density at radius 3 is 2.02 bits per heavy atom. The van der Waals surface area contributed by atoms with Crippen molar-refractivity contribution in [1.82, 2.24) is 10.2 Å². The molecule has 0 radical (unpaired) electrons. The summed E-state index contributed by atoms with van der Waals surface area (Å²) in [6, 6.07) is 15.8. The average molecular weight is 598 g/mol. The Balaban J connectivity index is 2.10. The van der Waals surface area contributed by atoms with Crippen molar-refractivity contribution < 1.29 is 32.2 Å². The lowest BCUT2D eigenvalue weighted by atomic mass is 10.1. The maximum atomic E-state index is 14.2. The Morgan fingerprint density at radius 2 is 1.48 bits per heavy atom. The first-order chi connectivity index (χ1) is 19.9. The Kier molecular flexibility index (Phi) is 10.8. The third-order valence-electron chi connectivity index (χ3n) is 6.75. The molecule has 2 amide bonds. The van der Waals surface area contributed by atoms with E-state index in [1.54, 1.807) is 57.4 Å². The van der Waals surface area contributed by atoms with Gasteiger partial charge in [-0.15, -0.1) is 0 Å². The molecule has 10 nitrogen and oxygen atoms in total. The summed E-state index contributed by atoms with van der Waals surface area (Å²) in [5, 5.41) is 2.75. The van der Waals surface area contributed by atoms with Crippen LogP contribution in [0.5, 0.6) is 17.2 Å². The van der Waals surface area contributed by atoms with Crippen molar-refractivity contribution >= 4 is 27.5 Å². The summed E-state index contributed by atoms with van der Waals surface area (Å²) in [4.78, 5) is 28.2. The van der Waals surface area contributed by atoms with Crippen LogP contribution in [0, 0.1) is 13.8 Å². The topological polar surface area (TPSA) is 114 Å². The normalized spacial score (nSPS) is 11.8. The molecule has 0 bridgehead atoms. The number of sulfonamides is 1. The highest BCUT2D eigenvalue weighted by molar-refractivity contribution is 7.92. The molecular formula is C31H39N3O7S. The van der Waals surface area contributed by atoms with Gasteiger partial charge in [-0.1, -0.05) is 18.2 Å². The molecule has 3 aromatic carbocycles. The van der Waals surface area contributed by atoms with Crippen molar-refractivity contribution in [1.29, 1.82) is 0 Å². The van der Waals surface area contributed by atoms with Crippen LogP contribution in [0.2, 0.25) is 0 Å². The minimum Gasteiger partial charge on any atom is -0.497 e. The zero-order chi connectivity index (χ0) is 31.0. The number of methoxy groups -OCH3 is 3. The summed E-state index contributed by atoms with van der Waals surface area (Å²) < 4.78 is 45.3. The maximum absolute atomic E-state index is 14.2. The van der Waals surface area contributed by atoms with Gasteiger partial charge in [-0.05, 0) is 80.8 Å². The number of ether oxygens (including phenoxy) is 3. The van der Waals surface area contributed by atoms with Gasteiger partial charge in [-0.25, -0.2) is 8.42 Å². The predicted molar refractivity (Wildman–Crippen MR) is 162 cm³/mol. The molecule has 0 aliphatic carbocycles. The van der Waals surface area contributed by atoms with E-state index in [-0.39, 0.29) is 23.1 Å². The number of nitrogens with one attached hydrogen (secondary N) is 1. The summed E-state index contributed by atoms with van der Waals surface area (Å²) in [7, 11) is 0.153. The van der Waals surface area contributed by atoms with Crippen LogP contribution in [0.15, 0.2) is 65.6 Å². The number of rotatable bonds is 13. The molecule has 0 fully saturated rings. The first-order valence-electron chi connectivity index (χ1n) is 13.5. The van der Waals surface area contributed by atoms with E-state index >= 15 is 0 Å². The molecule has 3 rings (SSSR count). The fraction of sp³-hybridized carbons (Fsp3) is 0.355. The van der Waals surface area contributed by atoms with Gasteiger partial charge < -0.3 is 24.4 Å². The number of nitrogens with zero attached hydrogens (tertiary/aromatic N) is 2. The van der Waals surface area contributed by atoms with Gasteiger partial charge in [0.1, 0.15) is 18.3 Å². The maximum Gasteiger partial charge on any atom is 0.264 e. The predicted octanol–water partition coefficient (Wildman–Crippen LogP) is 4.08. The molecule has 1 N–H and O–H groups in total. The van der Waals surface area contributed by atoms with E-state index in [1.165, 1.54) is 37.3 Å². The smallest absolute Gasteiger partial charge is 0.264 e. The Bertz CT molecular complexity index is 1490. The summed E-state index contributed by atoms with van der Waals surface area (Å²) in [5.41, 5.74) is 2.73. The second-order valence-corrected chi connectivity index (χ2v) is 11.7. The molecule has 1 atom stereocenters. The van der Waals surface area contributed by atoms with Crippen molar-refractivity contribution in [3.8, 4) is 17.2 Å². The molecule has 0 aliphatic heterocycles. The molecule has 11 heteroatoms. The van der Waals surface area contributed by atoms with Gasteiger partial charge >= 0.3 is 0 Å². The molecule has 3 aromatic rings. The van der Waals surface area contributed by atoms with Crippen molar-refractivity contribution in [2.75, 3.05) is 38.7 Å². The Labute approximate surface area is 248 Å². The summed E-state index contributed by atoms with van der Waals surface area (Å²) >= 11 is 0. The molecule has 0 aromatic heterocycles. The highest BCUT2D eigenvalue weighted by atomic mass is 32.2. The van der Waals surface area contributed by atoms with E-state index in [0.717, 1.165) is 21.0 Å². The molecule has 42 heavy (non-hydrogen) atoms. The fourth-order valence-corrected chi connectivity index (χ4v) is 5.97. The molecule has 226 valence electrons. The monoisotopic (exact) mass is 597 g/mol. The van der Waals surface area contributed by atoms with Crippen LogP contribution < -0.4 is 23.8 Å². The third kappa shape index (κ3) is 7.52. The van der Waals surface area contributed by atoms with Crippen LogP contribution in [0.4, 0.5) is 5.69 Å². The fourth-order valence-electron chi connectivity index (χ4n) is 4.56. The third-order valence-corrected chi connectivity index (χ3v) is 8.52. The van der Waals surface area contributed by atoms with Gasteiger partial charge in [-0.3, -0.25) is 13.9 Å². The lowest BCUT2D eigenvalue weighted by Crippen LogP contribution is -2.51. The van der Waals surface area contributed by atoms with E-state index in [9.17, 15) is 18.0 Å². The number of anilines is 1. The SMILES string of the molecule is CCNC(=O)[C@@H](C)N(Cc1ccc(OC)cc1)C(=O)CN(c1cc(C)cc(C)c1)S(=O)(=O)c1ccc(OC)c(OC)c1. The number of carbonyl (C=O) groups excluding carboxylic acids is 2. The van der Waals surface area contributed by atoms with Crippen LogP contribution in [0.1, 0.15) is 30.5 Å². The second-order valence-electron chi connectivity index (χ2n) is 9.81. The van der Waals surface area contributed by atoms with Crippen LogP contribution in [-0.4, -0.2) is 65.6 Å². The van der Waals surface area contributed by atoms with Crippen LogP contribution >= 0.6 is 0 Å². The van der Waals surface area contributed by atoms with Gasteiger partial charge in [0.2, 0.25) is 11.8 Å². The number of likely N-dealkylation sites (N-methyl/N-ethyl adjacent to an activating group) is 1. The number of carbonyl (C=O) groups is 2. The Hall–Kier alpha value is -4.25. The van der Waals surface area contributed by atoms with Gasteiger partial charge in [0, 0.05) is 19.2 Å². The first-order valence-corrected chi connectivity index (χ1v) is 14.9. The van der Waals surface area contributed by atoms with E-state index in [4.69, 9.17) is 14.2 Å². The summed E-state index contributed by atoms with van der Waals surface area (Å²) in [6.45, 7) is 7.04. The molecule has 0 heterocycles. The highest BCUT2D eigenvalue weighted by Gasteiger charge is 2.33. The second kappa shape index (κ2) is 14.1. The van der Waals surface area contributed by atoms with Gasteiger partial charge in [0.25, 0.3) is 10.0 Å². The minimum absolute atomic E-state index is 0.0782. The van der Waals surface area contributed by atoms with Gasteiger partial charge in [0.05, 0.1) is 31.9 Å². The van der Waals surface area contributed by atoms with Crippen LogP contribution in [0.25, 0.3) is 0 Å². The quantitative estimate of drug-likeness (QED) is 0.316. The lowest BCUT2D eigenvalue weighted by Gasteiger charge is -2.32. The van der Waals surface area contributed by atoms with Crippen molar-refractivity contribution in [2.45, 2.75) is 45.2 Å². The molecule has 0 spiro atoms. The molecule has 0 unspecified atom stereocenters. The number of aryl methyl sites for hydroxylation is 2. The van der Waals surface area contributed by atoms with Crippen molar-refractivity contribution in [3.63, 3.8) is 0 Å². The number of benzene rings is 3. The highest BCUT2D eigenvalue weighted by Crippen LogP contribution is 2.33. The minimum atomic E-state index is -4.28. The van der Waals surface area contributed by atoms with E-state index in [0.29, 0.717) is 23.7 Å². The van der Waals surface area contributed by atoms with E-state index < -0.39 is 28.5 Å². The van der Waals surface area contributed by atoms with E-state index in [1.807, 2.05) is 19.9 Å². The summed E-state index contributed by atoms with van der Waals surface area (Å²) in [6.07, 6.45) is 0. The molecule has 0 saturated heterocycles. The molecular weight excluding hydrogens is 558 g/mol. The van der Waals surface area contributed by atoms with Crippen LogP contribution in [-0.2, 0) is 26.2 Å². The zero-order valence-electron chi connectivity index (χ0n) is 25.1. The van der Waals surface area contributed by atoms with Gasteiger partial charge in [-0.2, -0.15) is 0 Å². The summed E-state index contributed by atoms with van der Waals surface area (Å²) in [5.74, 6) is 0.353. The standard InChI is InChI=1S/C31H39N3O7S/c1-8-32-31(36)23(4)33(19-24-9-11-26(39-5)12-10-24)30(35)20-34(25-16-21(2)15-22(3)17-25)42(37,38)27-13-14-28(40-6)29(18-27)41-7/h9-18,23H,8,19-20H2,1-7H3,(H,32,36)/t23-/m1/s1. The molecule has 0 saturated carbocycles.